The van der Waals surface area contributed by atoms with Crippen molar-refractivity contribution >= 4 is 46.9 Å². The summed E-state index contributed by atoms with van der Waals surface area (Å²) in [6.45, 7) is 0.149. The molecule has 0 amide bonds. The molecule has 2 heterocycles. The van der Waals surface area contributed by atoms with Crippen molar-refractivity contribution in [3.63, 3.8) is 0 Å². The van der Waals surface area contributed by atoms with E-state index in [4.69, 9.17) is 18.0 Å². The van der Waals surface area contributed by atoms with Crippen LogP contribution < -0.4 is 17.0 Å². The lowest BCUT2D eigenvalue weighted by Gasteiger charge is -2.14. The number of hydrogen-bond donors (Lipinski definition) is 1. The highest BCUT2D eigenvalue weighted by molar-refractivity contribution is 8.01. The van der Waals surface area contributed by atoms with Crippen LogP contribution in [-0.2, 0) is 13.6 Å². The molecule has 4 aromatic rings. The van der Waals surface area contributed by atoms with Crippen molar-refractivity contribution in [3.8, 4) is 5.69 Å². The first-order valence-electron chi connectivity index (χ1n) is 9.81. The van der Waals surface area contributed by atoms with E-state index in [9.17, 15) is 14.4 Å². The Hall–Kier alpha value is -3.28. The molecule has 2 aromatic heterocycles. The number of anilines is 1. The maximum atomic E-state index is 13.0. The normalized spacial score (nSPS) is 10.9. The maximum Gasteiger partial charge on any atom is 0.332 e. The molecule has 33 heavy (non-hydrogen) atoms. The molecule has 168 valence electrons. The summed E-state index contributed by atoms with van der Waals surface area (Å²) in [6.07, 6.45) is 0. The Bertz CT molecular complexity index is 1490. The van der Waals surface area contributed by atoms with Gasteiger partial charge in [0.15, 0.2) is 14.1 Å². The predicted molar refractivity (Wildman–Crippen MR) is 133 cm³/mol. The van der Waals surface area contributed by atoms with Gasteiger partial charge in [0.1, 0.15) is 11.4 Å². The topological polar surface area (TPSA) is 105 Å². The van der Waals surface area contributed by atoms with E-state index in [0.29, 0.717) is 8.29 Å². The van der Waals surface area contributed by atoms with E-state index in [0.717, 1.165) is 15.8 Å². The van der Waals surface area contributed by atoms with Crippen molar-refractivity contribution in [2.24, 2.45) is 7.05 Å². The van der Waals surface area contributed by atoms with Crippen LogP contribution in [0.25, 0.3) is 5.69 Å². The molecule has 0 aliphatic carbocycles. The van der Waals surface area contributed by atoms with Crippen LogP contribution in [0.15, 0.2) is 74.6 Å². The minimum absolute atomic E-state index is 0.0694. The molecule has 0 radical (unpaired) electrons. The largest absolute Gasteiger partial charge is 0.384 e. The van der Waals surface area contributed by atoms with Gasteiger partial charge in [0.05, 0.1) is 18.0 Å². The number of thioether (sulfide) groups is 1. The van der Waals surface area contributed by atoms with Crippen molar-refractivity contribution in [1.29, 1.82) is 0 Å². The minimum Gasteiger partial charge on any atom is -0.384 e. The van der Waals surface area contributed by atoms with Gasteiger partial charge in [-0.2, -0.15) is 0 Å². The van der Waals surface area contributed by atoms with Gasteiger partial charge in [-0.25, -0.2) is 9.48 Å². The van der Waals surface area contributed by atoms with Crippen molar-refractivity contribution in [1.82, 2.24) is 18.9 Å². The van der Waals surface area contributed by atoms with Gasteiger partial charge in [0.2, 0.25) is 0 Å². The van der Waals surface area contributed by atoms with Crippen LogP contribution >= 0.6 is 35.3 Å². The molecule has 2 aromatic carbocycles. The SMILES string of the molecule is Cn1c(=O)c(C(=O)CSc2nn(-c3ccccc3)c(=S)s2)c(N)n(Cc2ccccc2)c1=O. The first-order valence-corrected chi connectivity index (χ1v) is 12.0. The zero-order chi connectivity index (χ0) is 23.5. The minimum atomic E-state index is -0.713. The highest BCUT2D eigenvalue weighted by Gasteiger charge is 2.22. The van der Waals surface area contributed by atoms with Gasteiger partial charge in [0, 0.05) is 7.05 Å². The zero-order valence-electron chi connectivity index (χ0n) is 17.5. The average molecular weight is 498 g/mol. The number of nitrogens with two attached hydrogens (primary N) is 1. The highest BCUT2D eigenvalue weighted by atomic mass is 32.2. The third-order valence-electron chi connectivity index (χ3n) is 4.90. The fourth-order valence-corrected chi connectivity index (χ4v) is 5.45. The third-order valence-corrected chi connectivity index (χ3v) is 7.27. The second-order valence-electron chi connectivity index (χ2n) is 7.07. The molecule has 0 aliphatic heterocycles. The van der Waals surface area contributed by atoms with Gasteiger partial charge in [0.25, 0.3) is 5.56 Å². The van der Waals surface area contributed by atoms with Crippen LogP contribution in [0.5, 0.6) is 0 Å². The van der Waals surface area contributed by atoms with Gasteiger partial charge in [-0.1, -0.05) is 71.6 Å². The van der Waals surface area contributed by atoms with Gasteiger partial charge in [-0.3, -0.25) is 18.7 Å². The van der Waals surface area contributed by atoms with Crippen LogP contribution in [0.1, 0.15) is 15.9 Å². The number of carbonyl (C=O) groups excluding carboxylic acids is 1. The third kappa shape index (κ3) is 4.75. The smallest absolute Gasteiger partial charge is 0.332 e. The average Bonchev–Trinajstić information content (AvgIpc) is 3.21. The summed E-state index contributed by atoms with van der Waals surface area (Å²) < 4.78 is 4.90. The molecular formula is C22H19N5O3S3. The summed E-state index contributed by atoms with van der Waals surface area (Å²) in [5.41, 5.74) is 6.31. The van der Waals surface area contributed by atoms with Crippen molar-refractivity contribution in [3.05, 3.63) is 96.6 Å². The lowest BCUT2D eigenvalue weighted by molar-refractivity contribution is 0.102. The molecular weight excluding hydrogens is 478 g/mol. The molecule has 0 saturated carbocycles. The number of aromatic nitrogens is 4. The molecule has 2 N–H and O–H groups in total. The number of rotatable bonds is 7. The number of benzene rings is 2. The number of hydrogen-bond acceptors (Lipinski definition) is 8. The maximum absolute atomic E-state index is 13.0. The Morgan fingerprint density at radius 1 is 1.09 bits per heavy atom. The molecule has 0 unspecified atom stereocenters. The Kier molecular flexibility index (Phi) is 6.72. The fourth-order valence-electron chi connectivity index (χ4n) is 3.22. The van der Waals surface area contributed by atoms with E-state index in [1.165, 1.54) is 34.7 Å². The summed E-state index contributed by atoms with van der Waals surface area (Å²) in [5.74, 6) is -0.688. The van der Waals surface area contributed by atoms with Crippen molar-refractivity contribution < 1.29 is 4.79 Å². The van der Waals surface area contributed by atoms with E-state index in [1.54, 1.807) is 4.68 Å². The summed E-state index contributed by atoms with van der Waals surface area (Å²) in [5, 5.41) is 4.47. The molecule has 0 saturated heterocycles. The van der Waals surface area contributed by atoms with Crippen molar-refractivity contribution in [2.75, 3.05) is 11.5 Å². The quantitative estimate of drug-likeness (QED) is 0.238. The second kappa shape index (κ2) is 9.69. The molecule has 8 nitrogen and oxygen atoms in total. The predicted octanol–water partition coefficient (Wildman–Crippen LogP) is 3.13. The van der Waals surface area contributed by atoms with Crippen molar-refractivity contribution in [2.45, 2.75) is 10.9 Å². The number of Topliss-reactive ketones (excluding diaryl/α,β-unsaturated/α-hetero) is 1. The number of ketones is 1. The van der Waals surface area contributed by atoms with Gasteiger partial charge in [-0.05, 0) is 29.9 Å². The summed E-state index contributed by atoms with van der Waals surface area (Å²) >= 11 is 7.83. The monoisotopic (exact) mass is 497 g/mol. The van der Waals surface area contributed by atoms with Gasteiger partial charge < -0.3 is 5.73 Å². The van der Waals surface area contributed by atoms with E-state index in [1.807, 2.05) is 60.7 Å². The van der Waals surface area contributed by atoms with Gasteiger partial charge >= 0.3 is 5.69 Å². The first kappa shape index (κ1) is 22.9. The summed E-state index contributed by atoms with van der Waals surface area (Å²) in [4.78, 5) is 38.4. The summed E-state index contributed by atoms with van der Waals surface area (Å²) in [7, 11) is 1.34. The molecule has 11 heteroatoms. The molecule has 0 bridgehead atoms. The first-order chi connectivity index (χ1) is 15.9. The standard InChI is InChI=1S/C22H19N5O3S3/c1-25-19(29)17(18(23)26(21(25)30)12-14-8-4-2-5-9-14)16(28)13-32-20-24-27(22(31)33-20)15-10-6-3-7-11-15/h2-11H,12-13,23H2,1H3. The van der Waals surface area contributed by atoms with E-state index in [2.05, 4.69) is 5.10 Å². The van der Waals surface area contributed by atoms with Crippen LogP contribution in [0.4, 0.5) is 5.82 Å². The molecule has 0 atom stereocenters. The summed E-state index contributed by atoms with van der Waals surface area (Å²) in [6, 6.07) is 18.6. The van der Waals surface area contributed by atoms with Crippen LogP contribution in [0.2, 0.25) is 0 Å². The highest BCUT2D eigenvalue weighted by Crippen LogP contribution is 2.25. The van der Waals surface area contributed by atoms with Crippen LogP contribution in [0, 0.1) is 3.95 Å². The molecule has 0 fully saturated rings. The second-order valence-corrected chi connectivity index (χ2v) is 9.92. The molecule has 0 spiro atoms. The Morgan fingerprint density at radius 3 is 2.39 bits per heavy atom. The molecule has 4 rings (SSSR count). The van der Waals surface area contributed by atoms with E-state index in [-0.39, 0.29) is 23.7 Å². The zero-order valence-corrected chi connectivity index (χ0v) is 20.0. The van der Waals surface area contributed by atoms with Crippen LogP contribution in [-0.4, -0.2) is 30.5 Å². The number of para-hydroxylation sites is 1. The number of nitrogen functional groups attached to an aromatic ring is 1. The Balaban J connectivity index is 1.61. The van der Waals surface area contributed by atoms with Gasteiger partial charge in [-0.15, -0.1) is 5.10 Å². The Morgan fingerprint density at radius 2 is 1.73 bits per heavy atom. The Labute approximate surface area is 201 Å². The fraction of sp³-hybridized carbons (Fsp3) is 0.136. The number of carbonyl (C=O) groups is 1. The van der Waals surface area contributed by atoms with E-state index >= 15 is 0 Å². The van der Waals surface area contributed by atoms with Crippen LogP contribution in [0.3, 0.4) is 0 Å². The lowest BCUT2D eigenvalue weighted by atomic mass is 10.2. The lowest BCUT2D eigenvalue weighted by Crippen LogP contribution is -2.43. The van der Waals surface area contributed by atoms with E-state index < -0.39 is 17.0 Å². The number of nitrogens with zero attached hydrogens (tertiary/aromatic N) is 4. The molecule has 0 aliphatic rings.